The number of halogens is 1. The topological polar surface area (TPSA) is 88.1 Å². The van der Waals surface area contributed by atoms with Crippen LogP contribution in [0.25, 0.3) is 16.9 Å². The molecule has 0 saturated heterocycles. The molecule has 0 amide bonds. The molecule has 0 aliphatic carbocycles. The van der Waals surface area contributed by atoms with E-state index in [1.54, 1.807) is 23.9 Å². The molecule has 0 bridgehead atoms. The average molecular weight is 364 g/mol. The van der Waals surface area contributed by atoms with Gasteiger partial charge in [-0.25, -0.2) is 9.55 Å². The van der Waals surface area contributed by atoms with Crippen molar-refractivity contribution >= 4 is 32.9 Å². The van der Waals surface area contributed by atoms with Crippen LogP contribution in [0.1, 0.15) is 0 Å². The van der Waals surface area contributed by atoms with Crippen LogP contribution in [0.5, 0.6) is 6.01 Å². The van der Waals surface area contributed by atoms with Gasteiger partial charge in [0.15, 0.2) is 0 Å². The number of aromatic nitrogens is 4. The number of fused-ring (bicyclic) bond motifs is 1. The zero-order chi connectivity index (χ0) is 15.5. The van der Waals surface area contributed by atoms with Gasteiger partial charge in [-0.3, -0.25) is 0 Å². The van der Waals surface area contributed by atoms with E-state index in [9.17, 15) is 0 Å². The molecule has 7 nitrogen and oxygen atoms in total. The largest absolute Gasteiger partial charge is 0.462 e. The molecule has 0 spiro atoms. The number of nitrogens with zero attached hydrogens (tertiary/aromatic N) is 4. The summed E-state index contributed by atoms with van der Waals surface area (Å²) in [5, 5.41) is 0. The maximum absolute atomic E-state index is 5.71. The fraction of sp³-hybridized carbons (Fsp3) is 0.214. The van der Waals surface area contributed by atoms with Crippen LogP contribution in [-0.4, -0.2) is 39.8 Å². The van der Waals surface area contributed by atoms with Crippen molar-refractivity contribution in [3.63, 3.8) is 0 Å². The van der Waals surface area contributed by atoms with E-state index in [-0.39, 0.29) is 5.95 Å². The lowest BCUT2D eigenvalue weighted by atomic mass is 10.3. The van der Waals surface area contributed by atoms with Gasteiger partial charge in [0.1, 0.15) is 12.4 Å². The first kappa shape index (κ1) is 14.7. The Morgan fingerprint density at radius 2 is 2.09 bits per heavy atom. The van der Waals surface area contributed by atoms with E-state index in [1.165, 1.54) is 0 Å². The van der Waals surface area contributed by atoms with Crippen LogP contribution >= 0.6 is 15.9 Å². The van der Waals surface area contributed by atoms with E-state index in [2.05, 4.69) is 30.9 Å². The van der Waals surface area contributed by atoms with Gasteiger partial charge in [0.05, 0.1) is 17.6 Å². The molecule has 2 heterocycles. The molecule has 22 heavy (non-hydrogen) atoms. The van der Waals surface area contributed by atoms with Crippen molar-refractivity contribution in [3.05, 3.63) is 34.9 Å². The number of anilines is 1. The van der Waals surface area contributed by atoms with Gasteiger partial charge in [-0.15, -0.1) is 0 Å². The third-order valence-corrected chi connectivity index (χ3v) is 3.49. The molecule has 0 fully saturated rings. The SMILES string of the molecule is COCCOc1nc2ccc(Br)cc2n1-c1ccnc(N)n1. The predicted molar refractivity (Wildman–Crippen MR) is 86.1 cm³/mol. The molecule has 0 atom stereocenters. The second-order valence-electron chi connectivity index (χ2n) is 4.48. The Morgan fingerprint density at radius 1 is 1.23 bits per heavy atom. The lowest BCUT2D eigenvalue weighted by Gasteiger charge is -2.09. The van der Waals surface area contributed by atoms with Crippen LogP contribution in [0.4, 0.5) is 5.95 Å². The standard InChI is InChI=1S/C14H14BrN5O2/c1-21-6-7-22-14-18-10-3-2-9(15)8-11(10)20(14)12-4-5-17-13(16)19-12/h2-5,8H,6-7H2,1H3,(H2,16,17,19). The number of benzene rings is 1. The smallest absolute Gasteiger partial charge is 0.303 e. The van der Waals surface area contributed by atoms with Gasteiger partial charge in [-0.2, -0.15) is 9.97 Å². The van der Waals surface area contributed by atoms with E-state index in [1.807, 2.05) is 18.2 Å². The Hall–Kier alpha value is -2.19. The predicted octanol–water partition coefficient (Wildman–Crippen LogP) is 2.19. The maximum atomic E-state index is 5.71. The first-order valence-corrected chi connectivity index (χ1v) is 7.37. The summed E-state index contributed by atoms with van der Waals surface area (Å²) >= 11 is 3.47. The number of nitrogen functional groups attached to an aromatic ring is 1. The van der Waals surface area contributed by atoms with Gasteiger partial charge in [0.25, 0.3) is 0 Å². The summed E-state index contributed by atoms with van der Waals surface area (Å²) in [6.45, 7) is 0.861. The molecule has 3 rings (SSSR count). The van der Waals surface area contributed by atoms with E-state index in [0.717, 1.165) is 15.5 Å². The second-order valence-corrected chi connectivity index (χ2v) is 5.39. The molecule has 2 aromatic heterocycles. The van der Waals surface area contributed by atoms with Gasteiger partial charge in [-0.05, 0) is 18.2 Å². The van der Waals surface area contributed by atoms with Crippen LogP contribution in [-0.2, 0) is 4.74 Å². The highest BCUT2D eigenvalue weighted by molar-refractivity contribution is 9.10. The Morgan fingerprint density at radius 3 is 2.86 bits per heavy atom. The highest BCUT2D eigenvalue weighted by atomic mass is 79.9. The summed E-state index contributed by atoms with van der Waals surface area (Å²) in [7, 11) is 1.62. The Bertz CT molecular complexity index is 805. The summed E-state index contributed by atoms with van der Waals surface area (Å²) in [6.07, 6.45) is 1.60. The molecule has 3 aromatic rings. The second kappa shape index (κ2) is 6.29. The minimum Gasteiger partial charge on any atom is -0.462 e. The first-order valence-electron chi connectivity index (χ1n) is 6.57. The van der Waals surface area contributed by atoms with Crippen LogP contribution in [0.2, 0.25) is 0 Å². The van der Waals surface area contributed by atoms with E-state index < -0.39 is 0 Å². The number of nitrogens with two attached hydrogens (primary N) is 1. The normalized spacial score (nSPS) is 11.0. The number of hydrogen-bond acceptors (Lipinski definition) is 6. The Balaban J connectivity index is 2.14. The van der Waals surface area contributed by atoms with Gasteiger partial charge in [-0.1, -0.05) is 15.9 Å². The van der Waals surface area contributed by atoms with Crippen LogP contribution in [0, 0.1) is 0 Å². The molecular weight excluding hydrogens is 350 g/mol. The van der Waals surface area contributed by atoms with Crippen LogP contribution in [0.3, 0.4) is 0 Å². The minimum atomic E-state index is 0.192. The molecule has 0 aliphatic heterocycles. The lowest BCUT2D eigenvalue weighted by Crippen LogP contribution is -2.09. The number of hydrogen-bond donors (Lipinski definition) is 1. The molecule has 114 valence electrons. The van der Waals surface area contributed by atoms with Crippen molar-refractivity contribution in [3.8, 4) is 11.8 Å². The third kappa shape index (κ3) is 2.88. The van der Waals surface area contributed by atoms with Crippen molar-refractivity contribution in [1.29, 1.82) is 0 Å². The molecule has 0 aliphatic rings. The van der Waals surface area contributed by atoms with Crippen molar-refractivity contribution in [1.82, 2.24) is 19.5 Å². The first-order chi connectivity index (χ1) is 10.7. The third-order valence-electron chi connectivity index (χ3n) is 2.99. The number of ether oxygens (including phenoxy) is 2. The molecule has 0 radical (unpaired) electrons. The molecule has 0 unspecified atom stereocenters. The van der Waals surface area contributed by atoms with Gasteiger partial charge < -0.3 is 15.2 Å². The van der Waals surface area contributed by atoms with Crippen molar-refractivity contribution in [2.75, 3.05) is 26.1 Å². The van der Waals surface area contributed by atoms with E-state index in [4.69, 9.17) is 15.2 Å². The Kier molecular flexibility index (Phi) is 4.21. The highest BCUT2D eigenvalue weighted by Gasteiger charge is 2.15. The zero-order valence-electron chi connectivity index (χ0n) is 11.9. The summed E-state index contributed by atoms with van der Waals surface area (Å²) < 4.78 is 13.4. The van der Waals surface area contributed by atoms with Gasteiger partial charge in [0, 0.05) is 23.8 Å². The minimum absolute atomic E-state index is 0.192. The van der Waals surface area contributed by atoms with E-state index in [0.29, 0.717) is 25.0 Å². The lowest BCUT2D eigenvalue weighted by molar-refractivity contribution is 0.140. The number of imidazole rings is 1. The highest BCUT2D eigenvalue weighted by Crippen LogP contribution is 2.27. The Labute approximate surface area is 135 Å². The van der Waals surface area contributed by atoms with E-state index >= 15 is 0 Å². The molecule has 0 saturated carbocycles. The molecule has 2 N–H and O–H groups in total. The van der Waals surface area contributed by atoms with Crippen molar-refractivity contribution in [2.24, 2.45) is 0 Å². The molecular formula is C14H14BrN5O2. The molecule has 8 heteroatoms. The summed E-state index contributed by atoms with van der Waals surface area (Å²) in [4.78, 5) is 12.7. The fourth-order valence-corrected chi connectivity index (χ4v) is 2.40. The van der Waals surface area contributed by atoms with Gasteiger partial charge >= 0.3 is 6.01 Å². The quantitative estimate of drug-likeness (QED) is 0.699. The summed E-state index contributed by atoms with van der Waals surface area (Å²) in [5.74, 6) is 0.790. The van der Waals surface area contributed by atoms with Crippen molar-refractivity contribution in [2.45, 2.75) is 0 Å². The van der Waals surface area contributed by atoms with Crippen LogP contribution in [0.15, 0.2) is 34.9 Å². The van der Waals surface area contributed by atoms with Crippen molar-refractivity contribution < 1.29 is 9.47 Å². The summed E-state index contributed by atoms with van der Waals surface area (Å²) in [5.41, 5.74) is 7.34. The fourth-order valence-electron chi connectivity index (χ4n) is 2.05. The monoisotopic (exact) mass is 363 g/mol. The van der Waals surface area contributed by atoms with Crippen LogP contribution < -0.4 is 10.5 Å². The molecule has 1 aromatic carbocycles. The maximum Gasteiger partial charge on any atom is 0.303 e. The number of methoxy groups -OCH3 is 1. The summed E-state index contributed by atoms with van der Waals surface area (Å²) in [6, 6.07) is 7.96. The average Bonchev–Trinajstić information content (AvgIpc) is 2.85. The number of rotatable bonds is 5. The van der Waals surface area contributed by atoms with Gasteiger partial charge in [0.2, 0.25) is 5.95 Å². The zero-order valence-corrected chi connectivity index (χ0v) is 13.4.